The number of aliphatic imine (C=N–C) groups is 1. The number of carbonyl (C=O) groups is 1. The standard InChI is InChI=1S/C22H21FN4O2S/c1-22(16-12-29-7-6-20(16)30-21(25)27-22)15-8-13(2-4-17(15)23)9-19(28)18-5-3-14(10-24)11-26-18/h2-5,8,11,16,20H,6-7,9,12H2,1H3,(H2,25,27)/t16?,20?,22-/m1/s1. The van der Waals surface area contributed by atoms with E-state index in [9.17, 15) is 9.18 Å². The molecule has 1 aromatic carbocycles. The molecule has 0 saturated carbocycles. The molecule has 3 atom stereocenters. The number of benzene rings is 1. The number of carbonyl (C=O) groups excluding carboxylic acids is 1. The number of fused-ring (bicyclic) bond motifs is 1. The highest BCUT2D eigenvalue weighted by Crippen LogP contribution is 2.47. The molecule has 8 heteroatoms. The van der Waals surface area contributed by atoms with E-state index in [1.54, 1.807) is 18.2 Å². The molecule has 2 aliphatic heterocycles. The Hall–Kier alpha value is -2.76. The maximum absolute atomic E-state index is 14.9. The Labute approximate surface area is 178 Å². The normalized spacial score (nSPS) is 25.7. The monoisotopic (exact) mass is 424 g/mol. The van der Waals surface area contributed by atoms with Crippen LogP contribution in [0.4, 0.5) is 4.39 Å². The highest BCUT2D eigenvalue weighted by Gasteiger charge is 2.47. The SMILES string of the molecule is C[C@]1(c2cc(CC(=O)c3ccc(C#N)cn3)ccc2F)N=C(N)SC2CCOCC21. The summed E-state index contributed by atoms with van der Waals surface area (Å²) in [6, 6.07) is 9.73. The molecular weight excluding hydrogens is 403 g/mol. The van der Waals surface area contributed by atoms with Crippen molar-refractivity contribution < 1.29 is 13.9 Å². The number of halogens is 1. The molecule has 2 N–H and O–H groups in total. The zero-order valence-corrected chi connectivity index (χ0v) is 17.3. The number of rotatable bonds is 4. The van der Waals surface area contributed by atoms with E-state index >= 15 is 0 Å². The van der Waals surface area contributed by atoms with E-state index in [1.807, 2.05) is 13.0 Å². The lowest BCUT2D eigenvalue weighted by molar-refractivity contribution is 0.0280. The van der Waals surface area contributed by atoms with Crippen molar-refractivity contribution in [3.8, 4) is 6.07 Å². The van der Waals surface area contributed by atoms with Crippen LogP contribution in [0.15, 0.2) is 41.5 Å². The Morgan fingerprint density at radius 1 is 1.43 bits per heavy atom. The summed E-state index contributed by atoms with van der Waals surface area (Å²) in [4.78, 5) is 21.3. The number of nitrogens with two attached hydrogens (primary N) is 1. The average molecular weight is 425 g/mol. The number of pyridine rings is 1. The molecule has 6 nitrogen and oxygen atoms in total. The van der Waals surface area contributed by atoms with Crippen LogP contribution in [0.2, 0.25) is 0 Å². The number of hydrogen-bond donors (Lipinski definition) is 1. The molecule has 0 radical (unpaired) electrons. The summed E-state index contributed by atoms with van der Waals surface area (Å²) in [5.74, 6) is -0.592. The van der Waals surface area contributed by atoms with Crippen molar-refractivity contribution in [2.45, 2.75) is 30.6 Å². The maximum atomic E-state index is 14.9. The second kappa shape index (κ2) is 8.17. The number of Topliss-reactive ketones (excluding diaryl/α,β-unsaturated/α-hetero) is 1. The largest absolute Gasteiger partial charge is 0.381 e. The second-order valence-corrected chi connectivity index (χ2v) is 8.94. The van der Waals surface area contributed by atoms with E-state index in [-0.39, 0.29) is 34.9 Å². The molecule has 0 spiro atoms. The van der Waals surface area contributed by atoms with E-state index in [2.05, 4.69) is 9.98 Å². The third-order valence-corrected chi connectivity index (χ3v) is 6.95. The Morgan fingerprint density at radius 3 is 3.00 bits per heavy atom. The van der Waals surface area contributed by atoms with Crippen LogP contribution in [0.3, 0.4) is 0 Å². The van der Waals surface area contributed by atoms with Crippen LogP contribution < -0.4 is 5.73 Å². The molecule has 4 rings (SSSR count). The lowest BCUT2D eigenvalue weighted by Gasteiger charge is -2.45. The fraction of sp³-hybridized carbons (Fsp3) is 0.364. The smallest absolute Gasteiger partial charge is 0.185 e. The minimum atomic E-state index is -0.865. The first-order valence-corrected chi connectivity index (χ1v) is 10.6. The van der Waals surface area contributed by atoms with Gasteiger partial charge in [-0.05, 0) is 43.2 Å². The van der Waals surface area contributed by atoms with Gasteiger partial charge in [0.05, 0.1) is 17.7 Å². The van der Waals surface area contributed by atoms with Crippen LogP contribution in [0.1, 0.15) is 40.5 Å². The molecule has 2 unspecified atom stereocenters. The Morgan fingerprint density at radius 2 is 2.27 bits per heavy atom. The molecular formula is C22H21FN4O2S. The van der Waals surface area contributed by atoms with Crippen LogP contribution in [-0.4, -0.2) is 34.4 Å². The zero-order valence-electron chi connectivity index (χ0n) is 16.5. The first-order valence-electron chi connectivity index (χ1n) is 9.68. The molecule has 154 valence electrons. The number of amidine groups is 1. The van der Waals surface area contributed by atoms with Gasteiger partial charge >= 0.3 is 0 Å². The van der Waals surface area contributed by atoms with Crippen molar-refractivity contribution in [1.29, 1.82) is 5.26 Å². The number of nitrogens with zero attached hydrogens (tertiary/aromatic N) is 3. The Balaban J connectivity index is 1.65. The number of thioether (sulfide) groups is 1. The molecule has 30 heavy (non-hydrogen) atoms. The number of ketones is 1. The summed E-state index contributed by atoms with van der Waals surface area (Å²) < 4.78 is 20.6. The minimum Gasteiger partial charge on any atom is -0.381 e. The summed E-state index contributed by atoms with van der Waals surface area (Å²) in [5.41, 5.74) is 6.97. The van der Waals surface area contributed by atoms with Crippen LogP contribution >= 0.6 is 11.8 Å². The molecule has 3 heterocycles. The molecule has 0 aliphatic carbocycles. The van der Waals surface area contributed by atoms with Crippen LogP contribution in [0.25, 0.3) is 0 Å². The summed E-state index contributed by atoms with van der Waals surface area (Å²) >= 11 is 1.53. The van der Waals surface area contributed by atoms with Crippen molar-refractivity contribution in [1.82, 2.24) is 4.98 Å². The molecule has 2 aromatic rings. The predicted octanol–water partition coefficient (Wildman–Crippen LogP) is 3.20. The van der Waals surface area contributed by atoms with Crippen LogP contribution in [0, 0.1) is 23.1 Å². The van der Waals surface area contributed by atoms with Crippen molar-refractivity contribution >= 4 is 22.7 Å². The second-order valence-electron chi connectivity index (χ2n) is 7.68. The van der Waals surface area contributed by atoms with Gasteiger partial charge in [0.15, 0.2) is 11.0 Å². The van der Waals surface area contributed by atoms with Gasteiger partial charge in [0.2, 0.25) is 0 Å². The van der Waals surface area contributed by atoms with Gasteiger partial charge in [-0.15, -0.1) is 0 Å². The molecule has 1 fully saturated rings. The van der Waals surface area contributed by atoms with E-state index < -0.39 is 5.54 Å². The van der Waals surface area contributed by atoms with Crippen LogP contribution in [0.5, 0.6) is 0 Å². The van der Waals surface area contributed by atoms with Crippen molar-refractivity contribution in [3.05, 3.63) is 64.7 Å². The van der Waals surface area contributed by atoms with Gasteiger partial charge in [-0.1, -0.05) is 17.8 Å². The molecule has 0 amide bonds. The number of hydrogen-bond acceptors (Lipinski definition) is 7. The van der Waals surface area contributed by atoms with Gasteiger partial charge in [0.25, 0.3) is 0 Å². The highest BCUT2D eigenvalue weighted by atomic mass is 32.2. The minimum absolute atomic E-state index is 0.0100. The summed E-state index contributed by atoms with van der Waals surface area (Å²) in [6.07, 6.45) is 2.27. The quantitative estimate of drug-likeness (QED) is 0.757. The predicted molar refractivity (Wildman–Crippen MR) is 113 cm³/mol. The van der Waals surface area contributed by atoms with Crippen LogP contribution in [-0.2, 0) is 16.7 Å². The summed E-state index contributed by atoms with van der Waals surface area (Å²) in [7, 11) is 0. The summed E-state index contributed by atoms with van der Waals surface area (Å²) in [6.45, 7) is 3.03. The summed E-state index contributed by atoms with van der Waals surface area (Å²) in [5, 5.41) is 9.53. The fourth-order valence-corrected chi connectivity index (χ4v) is 5.38. The molecule has 2 aliphatic rings. The topological polar surface area (TPSA) is 101 Å². The average Bonchev–Trinajstić information content (AvgIpc) is 2.75. The van der Waals surface area contributed by atoms with Crippen molar-refractivity contribution in [2.24, 2.45) is 16.6 Å². The first-order chi connectivity index (χ1) is 14.4. The lowest BCUT2D eigenvalue weighted by atomic mass is 9.76. The number of ether oxygens (including phenoxy) is 1. The Kier molecular flexibility index (Phi) is 5.58. The Bertz CT molecular complexity index is 1050. The number of aromatic nitrogens is 1. The molecule has 0 bridgehead atoms. The van der Waals surface area contributed by atoms with Gasteiger partial charge < -0.3 is 10.5 Å². The van der Waals surface area contributed by atoms with Gasteiger partial charge in [0.1, 0.15) is 17.6 Å². The maximum Gasteiger partial charge on any atom is 0.185 e. The molecule has 1 saturated heterocycles. The van der Waals surface area contributed by atoms with Crippen molar-refractivity contribution in [3.63, 3.8) is 0 Å². The van der Waals surface area contributed by atoms with E-state index in [0.29, 0.717) is 35.1 Å². The highest BCUT2D eigenvalue weighted by molar-refractivity contribution is 8.14. The van der Waals surface area contributed by atoms with E-state index in [1.165, 1.54) is 30.1 Å². The van der Waals surface area contributed by atoms with E-state index in [0.717, 1.165) is 6.42 Å². The zero-order chi connectivity index (χ0) is 21.3. The first kappa shape index (κ1) is 20.5. The van der Waals surface area contributed by atoms with Gasteiger partial charge in [-0.3, -0.25) is 14.8 Å². The fourth-order valence-electron chi connectivity index (χ4n) is 4.11. The van der Waals surface area contributed by atoms with Crippen molar-refractivity contribution in [2.75, 3.05) is 13.2 Å². The van der Waals surface area contributed by atoms with Gasteiger partial charge in [0, 0.05) is 36.0 Å². The number of nitriles is 1. The third-order valence-electron chi connectivity index (χ3n) is 5.75. The third kappa shape index (κ3) is 3.83. The lowest BCUT2D eigenvalue weighted by Crippen LogP contribution is -2.48. The van der Waals surface area contributed by atoms with Gasteiger partial charge in [-0.2, -0.15) is 5.26 Å². The molecule has 1 aromatic heterocycles. The van der Waals surface area contributed by atoms with E-state index in [4.69, 9.17) is 15.7 Å². The van der Waals surface area contributed by atoms with Gasteiger partial charge in [-0.25, -0.2) is 4.39 Å².